The number of hydrogen-bond donors (Lipinski definition) is 2. The van der Waals surface area contributed by atoms with E-state index in [0.29, 0.717) is 0 Å². The Kier molecular flexibility index (Phi) is 4.94. The van der Waals surface area contributed by atoms with E-state index in [-0.39, 0.29) is 0 Å². The zero-order valence-corrected chi connectivity index (χ0v) is 10.7. The van der Waals surface area contributed by atoms with Gasteiger partial charge in [-0.25, -0.2) is 4.98 Å². The van der Waals surface area contributed by atoms with Crippen LogP contribution in [0, 0.1) is 5.92 Å². The van der Waals surface area contributed by atoms with Crippen molar-refractivity contribution in [1.29, 1.82) is 0 Å². The zero-order chi connectivity index (χ0) is 11.9. The van der Waals surface area contributed by atoms with Crippen LogP contribution >= 0.6 is 0 Å². The maximum Gasteiger partial charge on any atom is 0.137 e. The number of nitrogens with one attached hydrogen (secondary N) is 2. The van der Waals surface area contributed by atoms with E-state index in [0.717, 1.165) is 31.1 Å². The van der Waals surface area contributed by atoms with Crippen molar-refractivity contribution in [2.24, 2.45) is 5.92 Å². The van der Waals surface area contributed by atoms with Crippen molar-refractivity contribution in [2.75, 3.05) is 33.2 Å². The third-order valence-electron chi connectivity index (χ3n) is 3.50. The molecule has 0 unspecified atom stereocenters. The summed E-state index contributed by atoms with van der Waals surface area (Å²) >= 11 is 0. The van der Waals surface area contributed by atoms with Gasteiger partial charge in [-0.3, -0.25) is 5.10 Å². The molecule has 1 fully saturated rings. The summed E-state index contributed by atoms with van der Waals surface area (Å²) < 4.78 is 0. The van der Waals surface area contributed by atoms with E-state index in [9.17, 15) is 0 Å². The summed E-state index contributed by atoms with van der Waals surface area (Å²) in [4.78, 5) is 6.53. The van der Waals surface area contributed by atoms with Crippen LogP contribution in [0.25, 0.3) is 0 Å². The van der Waals surface area contributed by atoms with E-state index in [2.05, 4.69) is 32.4 Å². The van der Waals surface area contributed by atoms with Crippen molar-refractivity contribution in [1.82, 2.24) is 25.4 Å². The zero-order valence-electron chi connectivity index (χ0n) is 10.7. The van der Waals surface area contributed by atoms with E-state index < -0.39 is 0 Å². The van der Waals surface area contributed by atoms with Crippen LogP contribution in [0.15, 0.2) is 6.33 Å². The van der Waals surface area contributed by atoms with Gasteiger partial charge in [0.15, 0.2) is 0 Å². The molecule has 1 saturated heterocycles. The molecule has 17 heavy (non-hydrogen) atoms. The van der Waals surface area contributed by atoms with Crippen molar-refractivity contribution in [3.05, 3.63) is 12.2 Å². The fraction of sp³-hybridized carbons (Fsp3) is 0.833. The molecule has 1 aromatic rings. The molecule has 5 heteroatoms. The van der Waals surface area contributed by atoms with Gasteiger partial charge in [-0.15, -0.1) is 0 Å². The average Bonchev–Trinajstić information content (AvgIpc) is 2.84. The molecule has 0 aromatic carbocycles. The molecule has 1 aromatic heterocycles. The van der Waals surface area contributed by atoms with Crippen LogP contribution in [-0.4, -0.2) is 53.3 Å². The molecular formula is C12H23N5. The maximum absolute atomic E-state index is 4.11. The van der Waals surface area contributed by atoms with E-state index >= 15 is 0 Å². The number of nitrogens with zero attached hydrogens (tertiary/aromatic N) is 3. The molecule has 2 rings (SSSR count). The van der Waals surface area contributed by atoms with Crippen molar-refractivity contribution in [2.45, 2.75) is 25.7 Å². The number of aryl methyl sites for hydroxylation is 1. The number of likely N-dealkylation sites (tertiary alicyclic amines) is 1. The minimum Gasteiger partial charge on any atom is -0.316 e. The van der Waals surface area contributed by atoms with Crippen molar-refractivity contribution >= 4 is 0 Å². The second-order valence-corrected chi connectivity index (χ2v) is 4.99. The quantitative estimate of drug-likeness (QED) is 0.714. The van der Waals surface area contributed by atoms with E-state index in [1.807, 2.05) is 0 Å². The smallest absolute Gasteiger partial charge is 0.137 e. The summed E-state index contributed by atoms with van der Waals surface area (Å²) in [6, 6.07) is 0. The van der Waals surface area contributed by atoms with Gasteiger partial charge in [-0.05, 0) is 58.4 Å². The average molecular weight is 237 g/mol. The second kappa shape index (κ2) is 6.71. The second-order valence-electron chi connectivity index (χ2n) is 4.99. The first-order valence-electron chi connectivity index (χ1n) is 6.58. The molecule has 2 N–H and O–H groups in total. The van der Waals surface area contributed by atoms with E-state index in [1.54, 1.807) is 6.33 Å². The monoisotopic (exact) mass is 237 g/mol. The Morgan fingerprint density at radius 1 is 1.47 bits per heavy atom. The lowest BCUT2D eigenvalue weighted by Gasteiger charge is -2.29. The van der Waals surface area contributed by atoms with Gasteiger partial charge >= 0.3 is 0 Å². The highest BCUT2D eigenvalue weighted by Gasteiger charge is 2.15. The lowest BCUT2D eigenvalue weighted by atomic mass is 9.97. The Labute approximate surface area is 103 Å². The number of hydrogen-bond acceptors (Lipinski definition) is 4. The number of aromatic amines is 1. The number of piperidine rings is 1. The molecular weight excluding hydrogens is 214 g/mol. The Balaban J connectivity index is 1.49. The lowest BCUT2D eigenvalue weighted by molar-refractivity contribution is 0.216. The van der Waals surface area contributed by atoms with Crippen molar-refractivity contribution in [3.63, 3.8) is 0 Å². The summed E-state index contributed by atoms with van der Waals surface area (Å²) in [6.45, 7) is 4.76. The molecule has 1 aliphatic rings. The third kappa shape index (κ3) is 4.44. The Hall–Kier alpha value is -0.940. The van der Waals surface area contributed by atoms with Crippen LogP contribution in [0.3, 0.4) is 0 Å². The number of aromatic nitrogens is 3. The van der Waals surface area contributed by atoms with Crippen LogP contribution in [0.5, 0.6) is 0 Å². The van der Waals surface area contributed by atoms with Gasteiger partial charge < -0.3 is 10.2 Å². The number of H-pyrrole nitrogens is 1. The van der Waals surface area contributed by atoms with Gasteiger partial charge in [0.1, 0.15) is 12.2 Å². The van der Waals surface area contributed by atoms with Crippen LogP contribution in [0.4, 0.5) is 0 Å². The first-order chi connectivity index (χ1) is 8.34. The third-order valence-corrected chi connectivity index (χ3v) is 3.50. The highest BCUT2D eigenvalue weighted by atomic mass is 15.2. The van der Waals surface area contributed by atoms with Gasteiger partial charge in [0.05, 0.1) is 0 Å². The van der Waals surface area contributed by atoms with Gasteiger partial charge in [0.2, 0.25) is 0 Å². The number of rotatable bonds is 6. The first kappa shape index (κ1) is 12.5. The molecule has 96 valence electrons. The van der Waals surface area contributed by atoms with Gasteiger partial charge in [-0.1, -0.05) is 0 Å². The normalized spacial score (nSPS) is 18.6. The Bertz CT molecular complexity index is 290. The summed E-state index contributed by atoms with van der Waals surface area (Å²) in [5.41, 5.74) is 0. The van der Waals surface area contributed by atoms with E-state index in [1.165, 1.54) is 32.5 Å². The Morgan fingerprint density at radius 2 is 2.29 bits per heavy atom. The maximum atomic E-state index is 4.11. The molecule has 1 aliphatic heterocycles. The summed E-state index contributed by atoms with van der Waals surface area (Å²) in [5.74, 6) is 1.86. The van der Waals surface area contributed by atoms with Gasteiger partial charge in [0, 0.05) is 6.42 Å². The molecule has 0 amide bonds. The fourth-order valence-corrected chi connectivity index (χ4v) is 2.30. The lowest BCUT2D eigenvalue weighted by Crippen LogP contribution is -2.35. The highest BCUT2D eigenvalue weighted by molar-refractivity contribution is 4.80. The summed E-state index contributed by atoms with van der Waals surface area (Å²) in [5, 5.41) is 10.3. The minimum atomic E-state index is 0.872. The minimum absolute atomic E-state index is 0.872. The molecule has 0 aliphatic carbocycles. The first-order valence-corrected chi connectivity index (χ1v) is 6.58. The van der Waals surface area contributed by atoms with Crippen LogP contribution in [-0.2, 0) is 6.42 Å². The standard InChI is InChI=1S/C12H23N5/c1-17-7-4-11(5-8-17)9-13-6-2-3-12-14-10-15-16-12/h10-11,13H,2-9H2,1H3,(H,14,15,16). The molecule has 5 nitrogen and oxygen atoms in total. The van der Waals surface area contributed by atoms with Gasteiger partial charge in [-0.2, -0.15) is 5.10 Å². The van der Waals surface area contributed by atoms with Crippen LogP contribution in [0.1, 0.15) is 25.1 Å². The predicted molar refractivity (Wildman–Crippen MR) is 67.8 cm³/mol. The van der Waals surface area contributed by atoms with Crippen LogP contribution < -0.4 is 5.32 Å². The topological polar surface area (TPSA) is 56.8 Å². The molecule has 0 spiro atoms. The summed E-state index contributed by atoms with van der Waals surface area (Å²) in [7, 11) is 2.21. The largest absolute Gasteiger partial charge is 0.316 e. The molecule has 0 bridgehead atoms. The SMILES string of the molecule is CN1CCC(CNCCCc2ncn[nH]2)CC1. The fourth-order valence-electron chi connectivity index (χ4n) is 2.30. The van der Waals surface area contributed by atoms with Crippen LogP contribution in [0.2, 0.25) is 0 Å². The molecule has 0 radical (unpaired) electrons. The predicted octanol–water partition coefficient (Wildman–Crippen LogP) is 0.669. The highest BCUT2D eigenvalue weighted by Crippen LogP contribution is 2.14. The molecule has 0 saturated carbocycles. The van der Waals surface area contributed by atoms with Gasteiger partial charge in [0.25, 0.3) is 0 Å². The van der Waals surface area contributed by atoms with E-state index in [4.69, 9.17) is 0 Å². The summed E-state index contributed by atoms with van der Waals surface area (Å²) in [6.07, 6.45) is 6.36. The molecule has 0 atom stereocenters. The molecule has 2 heterocycles. The van der Waals surface area contributed by atoms with Crippen molar-refractivity contribution < 1.29 is 0 Å². The van der Waals surface area contributed by atoms with Crippen molar-refractivity contribution in [3.8, 4) is 0 Å². The Morgan fingerprint density at radius 3 is 3.00 bits per heavy atom.